The summed E-state index contributed by atoms with van der Waals surface area (Å²) in [4.78, 5) is 17.4. The van der Waals surface area contributed by atoms with Gasteiger partial charge in [0.2, 0.25) is 0 Å². The minimum absolute atomic E-state index is 0.0875. The zero-order valence-corrected chi connectivity index (χ0v) is 13.7. The van der Waals surface area contributed by atoms with Gasteiger partial charge in [-0.3, -0.25) is 4.79 Å². The Kier molecular flexibility index (Phi) is 4.29. The lowest BCUT2D eigenvalue weighted by molar-refractivity contribution is 0.102. The molecule has 0 fully saturated rings. The number of aromatic nitrogens is 1. The van der Waals surface area contributed by atoms with Crippen molar-refractivity contribution in [2.24, 2.45) is 0 Å². The van der Waals surface area contributed by atoms with Crippen LogP contribution in [0.25, 0.3) is 10.9 Å². The molecule has 3 rings (SSSR count). The number of hydrogen-bond acceptors (Lipinski definition) is 4. The van der Waals surface area contributed by atoms with Gasteiger partial charge in [-0.1, -0.05) is 41.6 Å². The van der Waals surface area contributed by atoms with Gasteiger partial charge in [-0.2, -0.15) is 0 Å². The summed E-state index contributed by atoms with van der Waals surface area (Å²) in [7, 11) is 0. The second kappa shape index (κ2) is 6.18. The molecule has 0 atom stereocenters. The van der Waals surface area contributed by atoms with Crippen LogP contribution >= 0.6 is 34.7 Å². The van der Waals surface area contributed by atoms with Gasteiger partial charge in [-0.05, 0) is 36.8 Å². The molecule has 0 aliphatic rings. The van der Waals surface area contributed by atoms with Crippen LogP contribution in [-0.2, 0) is 0 Å². The average molecular weight is 334 g/mol. The minimum Gasteiger partial charge on any atom is -0.292 e. The van der Waals surface area contributed by atoms with Crippen molar-refractivity contribution >= 4 is 51.4 Å². The lowest BCUT2D eigenvalue weighted by Crippen LogP contribution is -2.00. The van der Waals surface area contributed by atoms with Crippen LogP contribution in [0, 0.1) is 6.92 Å². The number of fused-ring (bicyclic) bond motifs is 1. The van der Waals surface area contributed by atoms with Crippen LogP contribution in [0.3, 0.4) is 0 Å². The summed E-state index contributed by atoms with van der Waals surface area (Å²) in [5.74, 6) is 0.464. The molecule has 3 aromatic rings. The number of pyridine rings is 1. The van der Waals surface area contributed by atoms with Gasteiger partial charge >= 0.3 is 0 Å². The van der Waals surface area contributed by atoms with Crippen molar-refractivity contribution in [3.05, 3.63) is 57.2 Å². The quantitative estimate of drug-likeness (QED) is 0.483. The first-order chi connectivity index (χ1) is 10.1. The van der Waals surface area contributed by atoms with Crippen molar-refractivity contribution < 1.29 is 4.79 Å². The number of carbonyl (C=O) groups is 1. The molecule has 0 unspecified atom stereocenters. The third kappa shape index (κ3) is 3.28. The van der Waals surface area contributed by atoms with E-state index in [0.717, 1.165) is 15.9 Å². The van der Waals surface area contributed by atoms with Crippen LogP contribution in [0.15, 0.2) is 47.5 Å². The molecule has 2 aromatic heterocycles. The predicted octanol–water partition coefficient (Wildman–Crippen LogP) is 5.23. The van der Waals surface area contributed by atoms with E-state index in [9.17, 15) is 4.79 Å². The largest absolute Gasteiger partial charge is 0.292 e. The Labute approximate surface area is 136 Å². The maximum atomic E-state index is 12.1. The fraction of sp³-hybridized carbons (Fsp3) is 0.125. The zero-order valence-electron chi connectivity index (χ0n) is 11.3. The topological polar surface area (TPSA) is 30.0 Å². The summed E-state index contributed by atoms with van der Waals surface area (Å²) in [5, 5.41) is 2.03. The molecule has 0 saturated carbocycles. The number of thioether (sulfide) groups is 1. The summed E-state index contributed by atoms with van der Waals surface area (Å²) < 4.78 is 0.642. The molecule has 0 aliphatic carbocycles. The molecular formula is C16H12ClNOS2. The monoisotopic (exact) mass is 333 g/mol. The van der Waals surface area contributed by atoms with E-state index in [-0.39, 0.29) is 5.78 Å². The molecule has 0 N–H and O–H groups in total. The van der Waals surface area contributed by atoms with E-state index in [0.29, 0.717) is 15.0 Å². The number of halogens is 1. The molecule has 0 saturated heterocycles. The average Bonchev–Trinajstić information content (AvgIpc) is 2.91. The Morgan fingerprint density at radius 1 is 1.29 bits per heavy atom. The Hall–Kier alpha value is -1.36. The Balaban J connectivity index is 1.77. The van der Waals surface area contributed by atoms with Gasteiger partial charge in [0.05, 0.1) is 25.5 Å². The number of thiophene rings is 1. The van der Waals surface area contributed by atoms with E-state index in [1.54, 1.807) is 12.1 Å². The SMILES string of the molecule is Cc1cc(SCC(=O)c2ccc(Cl)s2)nc2ccccc12. The molecule has 0 bridgehead atoms. The van der Waals surface area contributed by atoms with Crippen LogP contribution < -0.4 is 0 Å². The van der Waals surface area contributed by atoms with E-state index in [4.69, 9.17) is 11.6 Å². The van der Waals surface area contributed by atoms with E-state index in [2.05, 4.69) is 18.0 Å². The number of nitrogens with zero attached hydrogens (tertiary/aromatic N) is 1. The van der Waals surface area contributed by atoms with Gasteiger partial charge in [0.15, 0.2) is 5.78 Å². The van der Waals surface area contributed by atoms with Crippen molar-refractivity contribution in [2.75, 3.05) is 5.75 Å². The van der Waals surface area contributed by atoms with E-state index < -0.39 is 0 Å². The van der Waals surface area contributed by atoms with E-state index >= 15 is 0 Å². The Morgan fingerprint density at radius 2 is 2.10 bits per heavy atom. The van der Waals surface area contributed by atoms with Gasteiger partial charge in [-0.15, -0.1) is 11.3 Å². The third-order valence-electron chi connectivity index (χ3n) is 3.10. The lowest BCUT2D eigenvalue weighted by Gasteiger charge is -2.05. The fourth-order valence-electron chi connectivity index (χ4n) is 2.07. The van der Waals surface area contributed by atoms with E-state index in [1.807, 2.05) is 24.3 Å². The third-order valence-corrected chi connectivity index (χ3v) is 5.28. The smallest absolute Gasteiger partial charge is 0.183 e. The summed E-state index contributed by atoms with van der Waals surface area (Å²) in [5.41, 5.74) is 2.14. The van der Waals surface area contributed by atoms with Gasteiger partial charge in [-0.25, -0.2) is 4.98 Å². The second-order valence-corrected chi connectivity index (χ2v) is 7.32. The van der Waals surface area contributed by atoms with Crippen molar-refractivity contribution in [3.8, 4) is 0 Å². The van der Waals surface area contributed by atoms with Crippen LogP contribution in [0.1, 0.15) is 15.2 Å². The highest BCUT2D eigenvalue weighted by molar-refractivity contribution is 8.00. The molecule has 0 aliphatic heterocycles. The number of hydrogen-bond donors (Lipinski definition) is 0. The van der Waals surface area contributed by atoms with Crippen LogP contribution in [0.4, 0.5) is 0 Å². The highest BCUT2D eigenvalue weighted by Gasteiger charge is 2.11. The summed E-state index contributed by atoms with van der Waals surface area (Å²) in [6, 6.07) is 13.6. The van der Waals surface area contributed by atoms with Crippen LogP contribution in [-0.4, -0.2) is 16.5 Å². The lowest BCUT2D eigenvalue weighted by atomic mass is 10.1. The summed E-state index contributed by atoms with van der Waals surface area (Å²) >= 11 is 8.64. The van der Waals surface area contributed by atoms with Crippen LogP contribution in [0.2, 0.25) is 4.34 Å². The Bertz CT molecular complexity index is 813. The highest BCUT2D eigenvalue weighted by Crippen LogP contribution is 2.26. The van der Waals surface area contributed by atoms with Gasteiger partial charge in [0.25, 0.3) is 0 Å². The van der Waals surface area contributed by atoms with Crippen molar-refractivity contribution in [1.29, 1.82) is 0 Å². The molecule has 2 heterocycles. The molecule has 106 valence electrons. The molecule has 0 spiro atoms. The Morgan fingerprint density at radius 3 is 2.86 bits per heavy atom. The number of para-hydroxylation sites is 1. The number of aryl methyl sites for hydroxylation is 1. The molecular weight excluding hydrogens is 322 g/mol. The minimum atomic E-state index is 0.0875. The van der Waals surface area contributed by atoms with Crippen molar-refractivity contribution in [1.82, 2.24) is 4.98 Å². The molecule has 0 radical (unpaired) electrons. The summed E-state index contributed by atoms with van der Waals surface area (Å²) in [6.07, 6.45) is 0. The van der Waals surface area contributed by atoms with Crippen molar-refractivity contribution in [2.45, 2.75) is 11.9 Å². The first-order valence-electron chi connectivity index (χ1n) is 6.41. The predicted molar refractivity (Wildman–Crippen MR) is 90.9 cm³/mol. The normalized spacial score (nSPS) is 11.0. The fourth-order valence-corrected chi connectivity index (χ4v) is 4.00. The molecule has 1 aromatic carbocycles. The number of rotatable bonds is 4. The molecule has 21 heavy (non-hydrogen) atoms. The highest BCUT2D eigenvalue weighted by atomic mass is 35.5. The van der Waals surface area contributed by atoms with Crippen LogP contribution in [0.5, 0.6) is 0 Å². The zero-order chi connectivity index (χ0) is 14.8. The number of carbonyl (C=O) groups excluding carboxylic acids is 1. The molecule has 0 amide bonds. The number of benzene rings is 1. The van der Waals surface area contributed by atoms with E-state index in [1.165, 1.54) is 28.7 Å². The summed E-state index contributed by atoms with van der Waals surface area (Å²) in [6.45, 7) is 2.06. The van der Waals surface area contributed by atoms with Crippen molar-refractivity contribution in [3.63, 3.8) is 0 Å². The van der Waals surface area contributed by atoms with Gasteiger partial charge in [0.1, 0.15) is 0 Å². The first-order valence-corrected chi connectivity index (χ1v) is 8.59. The maximum absolute atomic E-state index is 12.1. The molecule has 2 nitrogen and oxygen atoms in total. The van der Waals surface area contributed by atoms with Gasteiger partial charge in [0, 0.05) is 5.39 Å². The number of ketones is 1. The first kappa shape index (κ1) is 14.6. The second-order valence-electron chi connectivity index (χ2n) is 4.61. The molecule has 5 heteroatoms. The number of Topliss-reactive ketones (excluding diaryl/α,β-unsaturated/α-hetero) is 1. The standard InChI is InChI=1S/C16H12ClNOS2/c1-10-8-16(18-12-5-3-2-4-11(10)12)20-9-13(19)14-6-7-15(17)21-14/h2-8H,9H2,1H3. The maximum Gasteiger partial charge on any atom is 0.183 e. The van der Waals surface area contributed by atoms with Gasteiger partial charge < -0.3 is 0 Å².